The van der Waals surface area contributed by atoms with Gasteiger partial charge in [-0.2, -0.15) is 0 Å². The monoisotopic (exact) mass is 598 g/mol. The zero-order chi connectivity index (χ0) is 27.2. The van der Waals surface area contributed by atoms with Crippen LogP contribution in [0.25, 0.3) is 6.08 Å². The standard InChI is InChI=1S/C28H24BrFN2O5S/c1-4-36-23-14-17(13-21(29)25(23)37-16-19-7-5-6-8-22(19)30)15-24-26(33)32(2)28(38-24)31-20-11-9-18(10-12-20)27(34)35-3/h5-15H,4,16H2,1-3H3. The normalized spacial score (nSPS) is 15.3. The van der Waals surface area contributed by atoms with Gasteiger partial charge in [0.05, 0.1) is 34.3 Å². The van der Waals surface area contributed by atoms with Gasteiger partial charge in [0.1, 0.15) is 12.4 Å². The van der Waals surface area contributed by atoms with E-state index in [0.717, 1.165) is 0 Å². The minimum Gasteiger partial charge on any atom is -0.490 e. The summed E-state index contributed by atoms with van der Waals surface area (Å²) in [5, 5.41) is 0.501. The molecule has 1 heterocycles. The number of halogens is 2. The number of aliphatic imine (C=N–C) groups is 1. The molecule has 0 aliphatic carbocycles. The molecule has 0 saturated carbocycles. The molecule has 38 heavy (non-hydrogen) atoms. The van der Waals surface area contributed by atoms with Crippen molar-refractivity contribution in [1.82, 2.24) is 4.90 Å². The van der Waals surface area contributed by atoms with Crippen LogP contribution in [-0.2, 0) is 16.1 Å². The first kappa shape index (κ1) is 27.4. The summed E-state index contributed by atoms with van der Waals surface area (Å²) >= 11 is 4.76. The molecule has 10 heteroatoms. The van der Waals surface area contributed by atoms with E-state index in [0.29, 0.717) is 55.0 Å². The minimum absolute atomic E-state index is 0.0331. The van der Waals surface area contributed by atoms with E-state index < -0.39 is 5.97 Å². The molecule has 4 rings (SSSR count). The number of methoxy groups -OCH3 is 1. The van der Waals surface area contributed by atoms with Gasteiger partial charge in [-0.15, -0.1) is 0 Å². The largest absolute Gasteiger partial charge is 0.490 e. The van der Waals surface area contributed by atoms with Crippen molar-refractivity contribution in [2.24, 2.45) is 4.99 Å². The number of benzene rings is 3. The van der Waals surface area contributed by atoms with Crippen LogP contribution in [0.2, 0.25) is 0 Å². The van der Waals surface area contributed by atoms with Crippen LogP contribution >= 0.6 is 27.7 Å². The predicted molar refractivity (Wildman–Crippen MR) is 149 cm³/mol. The summed E-state index contributed by atoms with van der Waals surface area (Å²) in [7, 11) is 2.97. The first-order valence-electron chi connectivity index (χ1n) is 11.6. The van der Waals surface area contributed by atoms with Gasteiger partial charge >= 0.3 is 5.97 Å². The highest BCUT2D eigenvalue weighted by Crippen LogP contribution is 2.40. The van der Waals surface area contributed by atoms with Crippen LogP contribution in [0.3, 0.4) is 0 Å². The molecule has 0 spiro atoms. The summed E-state index contributed by atoms with van der Waals surface area (Å²) < 4.78 is 31.0. The van der Waals surface area contributed by atoms with Gasteiger partial charge in [-0.25, -0.2) is 14.2 Å². The number of amides is 1. The molecule has 0 bridgehead atoms. The van der Waals surface area contributed by atoms with Gasteiger partial charge < -0.3 is 14.2 Å². The van der Waals surface area contributed by atoms with Crippen molar-refractivity contribution < 1.29 is 28.2 Å². The molecule has 0 radical (unpaired) electrons. The van der Waals surface area contributed by atoms with Gasteiger partial charge in [0.2, 0.25) is 0 Å². The Balaban J connectivity index is 1.57. The van der Waals surface area contributed by atoms with E-state index in [1.165, 1.54) is 29.8 Å². The topological polar surface area (TPSA) is 77.4 Å². The summed E-state index contributed by atoms with van der Waals surface area (Å²) in [6.45, 7) is 2.28. The molecular weight excluding hydrogens is 575 g/mol. The second kappa shape index (κ2) is 12.3. The summed E-state index contributed by atoms with van der Waals surface area (Å²) in [5.74, 6) is -0.0707. The SMILES string of the molecule is CCOc1cc(C=C2SC(=Nc3ccc(C(=O)OC)cc3)N(C)C2=O)cc(Br)c1OCc1ccccc1F. The van der Waals surface area contributed by atoms with Crippen LogP contribution in [-0.4, -0.2) is 42.7 Å². The average molecular weight is 599 g/mol. The zero-order valence-electron chi connectivity index (χ0n) is 20.9. The van der Waals surface area contributed by atoms with Gasteiger partial charge in [-0.1, -0.05) is 18.2 Å². The number of thioether (sulfide) groups is 1. The fourth-order valence-electron chi connectivity index (χ4n) is 3.54. The Kier molecular flexibility index (Phi) is 8.85. The van der Waals surface area contributed by atoms with Crippen LogP contribution in [0.5, 0.6) is 11.5 Å². The second-order valence-corrected chi connectivity index (χ2v) is 9.91. The zero-order valence-corrected chi connectivity index (χ0v) is 23.3. The van der Waals surface area contributed by atoms with E-state index in [1.54, 1.807) is 67.7 Å². The molecule has 1 fully saturated rings. The number of ether oxygens (including phenoxy) is 3. The third-order valence-electron chi connectivity index (χ3n) is 5.48. The minimum atomic E-state index is -0.432. The first-order valence-corrected chi connectivity index (χ1v) is 13.2. The number of likely N-dealkylation sites (N-methyl/N-ethyl adjacent to an activating group) is 1. The molecule has 1 aliphatic heterocycles. The Morgan fingerprint density at radius 1 is 1.13 bits per heavy atom. The lowest BCUT2D eigenvalue weighted by atomic mass is 10.1. The molecule has 1 saturated heterocycles. The van der Waals surface area contributed by atoms with Crippen molar-refractivity contribution in [1.29, 1.82) is 0 Å². The fraction of sp³-hybridized carbons (Fsp3) is 0.179. The van der Waals surface area contributed by atoms with E-state index >= 15 is 0 Å². The maximum atomic E-state index is 14.0. The third kappa shape index (κ3) is 6.25. The number of hydrogen-bond acceptors (Lipinski definition) is 7. The molecule has 3 aromatic rings. The molecule has 0 unspecified atom stereocenters. The lowest BCUT2D eigenvalue weighted by molar-refractivity contribution is -0.121. The molecule has 0 aromatic heterocycles. The lowest BCUT2D eigenvalue weighted by Gasteiger charge is -2.15. The lowest BCUT2D eigenvalue weighted by Crippen LogP contribution is -2.23. The van der Waals surface area contributed by atoms with Gasteiger partial charge in [-0.05, 0) is 88.7 Å². The second-order valence-electron chi connectivity index (χ2n) is 8.05. The number of carbonyl (C=O) groups is 2. The van der Waals surface area contributed by atoms with Gasteiger partial charge in [-0.3, -0.25) is 9.69 Å². The molecule has 7 nitrogen and oxygen atoms in total. The average Bonchev–Trinajstić information content (AvgIpc) is 3.16. The van der Waals surface area contributed by atoms with E-state index in [4.69, 9.17) is 14.2 Å². The Morgan fingerprint density at radius 2 is 1.87 bits per heavy atom. The Labute approximate surface area is 232 Å². The van der Waals surface area contributed by atoms with Gasteiger partial charge in [0.25, 0.3) is 5.91 Å². The van der Waals surface area contributed by atoms with Crippen LogP contribution in [0.1, 0.15) is 28.4 Å². The molecule has 1 amide bonds. The van der Waals surface area contributed by atoms with Crippen molar-refractivity contribution in [3.05, 3.63) is 92.5 Å². The molecule has 1 aliphatic rings. The van der Waals surface area contributed by atoms with Crippen molar-refractivity contribution in [3.8, 4) is 11.5 Å². The van der Waals surface area contributed by atoms with E-state index in [-0.39, 0.29) is 18.3 Å². The fourth-order valence-corrected chi connectivity index (χ4v) is 5.10. The molecule has 3 aromatic carbocycles. The van der Waals surface area contributed by atoms with Crippen molar-refractivity contribution in [3.63, 3.8) is 0 Å². The number of carbonyl (C=O) groups excluding carboxylic acids is 2. The van der Waals surface area contributed by atoms with Crippen LogP contribution in [0.15, 0.2) is 75.0 Å². The van der Waals surface area contributed by atoms with Crippen LogP contribution in [0.4, 0.5) is 10.1 Å². The van der Waals surface area contributed by atoms with E-state index in [1.807, 2.05) is 6.92 Å². The van der Waals surface area contributed by atoms with Gasteiger partial charge in [0, 0.05) is 12.6 Å². The Morgan fingerprint density at radius 3 is 2.55 bits per heavy atom. The number of amidine groups is 1. The quantitative estimate of drug-likeness (QED) is 0.215. The van der Waals surface area contributed by atoms with Crippen molar-refractivity contribution in [2.45, 2.75) is 13.5 Å². The smallest absolute Gasteiger partial charge is 0.337 e. The molecule has 196 valence electrons. The number of esters is 1. The van der Waals surface area contributed by atoms with Gasteiger partial charge in [0.15, 0.2) is 16.7 Å². The maximum Gasteiger partial charge on any atom is 0.337 e. The molecular formula is C28H24BrFN2O5S. The first-order chi connectivity index (χ1) is 18.3. The Bertz CT molecular complexity index is 1430. The number of hydrogen-bond donors (Lipinski definition) is 0. The third-order valence-corrected chi connectivity index (χ3v) is 7.13. The molecule has 0 N–H and O–H groups in total. The van der Waals surface area contributed by atoms with Crippen molar-refractivity contribution >= 4 is 56.5 Å². The number of rotatable bonds is 8. The molecule has 0 atom stereocenters. The van der Waals surface area contributed by atoms with Crippen LogP contribution in [0, 0.1) is 5.82 Å². The summed E-state index contributed by atoms with van der Waals surface area (Å²) in [5.41, 5.74) is 2.15. The number of nitrogens with zero attached hydrogens (tertiary/aromatic N) is 2. The summed E-state index contributed by atoms with van der Waals surface area (Å²) in [6.07, 6.45) is 1.75. The highest BCUT2D eigenvalue weighted by atomic mass is 79.9. The van der Waals surface area contributed by atoms with Crippen LogP contribution < -0.4 is 9.47 Å². The predicted octanol–water partition coefficient (Wildman–Crippen LogP) is 6.59. The highest BCUT2D eigenvalue weighted by Gasteiger charge is 2.30. The summed E-state index contributed by atoms with van der Waals surface area (Å²) in [4.78, 5) is 31.1. The Hall–Kier alpha value is -3.63. The van der Waals surface area contributed by atoms with E-state index in [2.05, 4.69) is 20.9 Å². The summed E-state index contributed by atoms with van der Waals surface area (Å²) in [6, 6.07) is 16.6. The van der Waals surface area contributed by atoms with Crippen molar-refractivity contribution in [2.75, 3.05) is 20.8 Å². The highest BCUT2D eigenvalue weighted by molar-refractivity contribution is 9.10. The maximum absolute atomic E-state index is 14.0. The van der Waals surface area contributed by atoms with E-state index in [9.17, 15) is 14.0 Å².